The number of halogens is 2. The summed E-state index contributed by atoms with van der Waals surface area (Å²) in [5.74, 6) is -0.730. The van der Waals surface area contributed by atoms with Gasteiger partial charge in [-0.2, -0.15) is 0 Å². The lowest BCUT2D eigenvalue weighted by atomic mass is 10.3. The van der Waals surface area contributed by atoms with E-state index in [0.29, 0.717) is 28.0 Å². The number of aromatic nitrogens is 2. The molecule has 0 amide bonds. The van der Waals surface area contributed by atoms with Gasteiger partial charge in [-0.3, -0.25) is 0 Å². The van der Waals surface area contributed by atoms with Crippen molar-refractivity contribution in [2.75, 3.05) is 19.0 Å². The van der Waals surface area contributed by atoms with Crippen LogP contribution in [0.15, 0.2) is 34.4 Å². The number of hydrogen-bond acceptors (Lipinski definition) is 5. The maximum absolute atomic E-state index is 13.2. The zero-order valence-corrected chi connectivity index (χ0v) is 11.8. The molecule has 106 valence electrons. The van der Waals surface area contributed by atoms with Crippen molar-refractivity contribution < 1.29 is 13.5 Å². The number of nitrogens with one attached hydrogen (secondary N) is 1. The van der Waals surface area contributed by atoms with Gasteiger partial charge in [0.1, 0.15) is 11.4 Å². The van der Waals surface area contributed by atoms with E-state index in [4.69, 9.17) is 4.74 Å². The fourth-order valence-corrected chi connectivity index (χ4v) is 2.45. The first-order valence-electron chi connectivity index (χ1n) is 5.91. The van der Waals surface area contributed by atoms with Gasteiger partial charge < -0.3 is 10.1 Å². The molecule has 0 unspecified atom stereocenters. The SMILES string of the molecule is CCNc1ncnc(Sc2ccc(F)c(F)c2)c1OC. The summed E-state index contributed by atoms with van der Waals surface area (Å²) in [5.41, 5.74) is 0. The van der Waals surface area contributed by atoms with E-state index in [2.05, 4.69) is 15.3 Å². The molecule has 0 aliphatic carbocycles. The second kappa shape index (κ2) is 6.51. The van der Waals surface area contributed by atoms with Crippen molar-refractivity contribution in [1.29, 1.82) is 0 Å². The van der Waals surface area contributed by atoms with Gasteiger partial charge >= 0.3 is 0 Å². The monoisotopic (exact) mass is 297 g/mol. The summed E-state index contributed by atoms with van der Waals surface area (Å²) in [4.78, 5) is 8.72. The first kappa shape index (κ1) is 14.5. The van der Waals surface area contributed by atoms with Gasteiger partial charge in [0.05, 0.1) is 7.11 Å². The Labute approximate surface area is 119 Å². The molecule has 1 N–H and O–H groups in total. The Morgan fingerprint density at radius 2 is 2.05 bits per heavy atom. The molecular formula is C13H13F2N3OS. The van der Waals surface area contributed by atoms with Gasteiger partial charge in [-0.05, 0) is 25.1 Å². The normalized spacial score (nSPS) is 10.4. The van der Waals surface area contributed by atoms with E-state index in [9.17, 15) is 8.78 Å². The van der Waals surface area contributed by atoms with Crippen LogP contribution in [0.25, 0.3) is 0 Å². The Balaban J connectivity index is 2.32. The lowest BCUT2D eigenvalue weighted by Gasteiger charge is -2.11. The van der Waals surface area contributed by atoms with Gasteiger partial charge in [0.25, 0.3) is 0 Å². The van der Waals surface area contributed by atoms with Crippen molar-refractivity contribution in [1.82, 2.24) is 9.97 Å². The van der Waals surface area contributed by atoms with Crippen molar-refractivity contribution in [3.63, 3.8) is 0 Å². The molecule has 7 heteroatoms. The van der Waals surface area contributed by atoms with Crippen LogP contribution in [0, 0.1) is 11.6 Å². The summed E-state index contributed by atoms with van der Waals surface area (Å²) in [5, 5.41) is 3.58. The van der Waals surface area contributed by atoms with Crippen molar-refractivity contribution >= 4 is 17.6 Å². The van der Waals surface area contributed by atoms with Crippen LogP contribution in [0.3, 0.4) is 0 Å². The molecule has 1 aromatic carbocycles. The molecule has 2 rings (SSSR count). The fraction of sp³-hybridized carbons (Fsp3) is 0.231. The maximum atomic E-state index is 13.2. The Kier molecular flexibility index (Phi) is 4.73. The highest BCUT2D eigenvalue weighted by Crippen LogP contribution is 2.36. The molecule has 0 aliphatic rings. The van der Waals surface area contributed by atoms with Gasteiger partial charge in [-0.15, -0.1) is 0 Å². The van der Waals surface area contributed by atoms with E-state index in [1.165, 1.54) is 31.3 Å². The minimum Gasteiger partial charge on any atom is -0.490 e. The van der Waals surface area contributed by atoms with E-state index in [-0.39, 0.29) is 0 Å². The lowest BCUT2D eigenvalue weighted by Crippen LogP contribution is -2.03. The average molecular weight is 297 g/mol. The highest BCUT2D eigenvalue weighted by molar-refractivity contribution is 7.99. The van der Waals surface area contributed by atoms with E-state index in [1.54, 1.807) is 0 Å². The molecule has 2 aromatic rings. The number of ether oxygens (including phenoxy) is 1. The molecule has 0 saturated heterocycles. The molecule has 0 bridgehead atoms. The Morgan fingerprint density at radius 1 is 1.25 bits per heavy atom. The lowest BCUT2D eigenvalue weighted by molar-refractivity contribution is 0.400. The van der Waals surface area contributed by atoms with Crippen LogP contribution in [0.4, 0.5) is 14.6 Å². The second-order valence-corrected chi connectivity index (χ2v) is 4.83. The highest BCUT2D eigenvalue weighted by Gasteiger charge is 2.13. The first-order valence-corrected chi connectivity index (χ1v) is 6.73. The average Bonchev–Trinajstić information content (AvgIpc) is 2.44. The number of methoxy groups -OCH3 is 1. The largest absolute Gasteiger partial charge is 0.490 e. The highest BCUT2D eigenvalue weighted by atomic mass is 32.2. The van der Waals surface area contributed by atoms with Crippen molar-refractivity contribution in [3.05, 3.63) is 36.2 Å². The molecule has 0 atom stereocenters. The smallest absolute Gasteiger partial charge is 0.194 e. The molecule has 0 radical (unpaired) electrons. The number of hydrogen-bond donors (Lipinski definition) is 1. The van der Waals surface area contributed by atoms with Crippen LogP contribution in [0.5, 0.6) is 5.75 Å². The van der Waals surface area contributed by atoms with Crippen LogP contribution in [0.1, 0.15) is 6.92 Å². The molecule has 20 heavy (non-hydrogen) atoms. The molecular weight excluding hydrogens is 284 g/mol. The first-order chi connectivity index (χ1) is 9.65. The van der Waals surface area contributed by atoms with Crippen molar-refractivity contribution in [3.8, 4) is 5.75 Å². The zero-order valence-electron chi connectivity index (χ0n) is 11.0. The van der Waals surface area contributed by atoms with Crippen molar-refractivity contribution in [2.24, 2.45) is 0 Å². The van der Waals surface area contributed by atoms with Gasteiger partial charge in [-0.1, -0.05) is 11.8 Å². The number of nitrogens with zero attached hydrogens (tertiary/aromatic N) is 2. The van der Waals surface area contributed by atoms with Gasteiger partial charge in [0.2, 0.25) is 0 Å². The molecule has 1 heterocycles. The topological polar surface area (TPSA) is 47.0 Å². The Hall–Kier alpha value is -1.89. The van der Waals surface area contributed by atoms with E-state index in [0.717, 1.165) is 12.1 Å². The van der Waals surface area contributed by atoms with Crippen LogP contribution >= 0.6 is 11.8 Å². The minimum atomic E-state index is -0.894. The summed E-state index contributed by atoms with van der Waals surface area (Å²) < 4.78 is 31.4. The summed E-state index contributed by atoms with van der Waals surface area (Å²) in [6.07, 6.45) is 1.39. The summed E-state index contributed by atoms with van der Waals surface area (Å²) in [6.45, 7) is 2.62. The van der Waals surface area contributed by atoms with Crippen molar-refractivity contribution in [2.45, 2.75) is 16.8 Å². The fourth-order valence-electron chi connectivity index (χ4n) is 1.56. The van der Waals surface area contributed by atoms with Gasteiger partial charge in [0.15, 0.2) is 23.2 Å². The zero-order chi connectivity index (χ0) is 14.5. The van der Waals surface area contributed by atoms with E-state index in [1.807, 2.05) is 6.92 Å². The van der Waals surface area contributed by atoms with E-state index >= 15 is 0 Å². The predicted molar refractivity (Wildman–Crippen MR) is 73.2 cm³/mol. The number of anilines is 1. The van der Waals surface area contributed by atoms with Crippen LogP contribution in [0.2, 0.25) is 0 Å². The Morgan fingerprint density at radius 3 is 2.70 bits per heavy atom. The third-order valence-electron chi connectivity index (χ3n) is 2.43. The predicted octanol–water partition coefficient (Wildman–Crippen LogP) is 3.35. The molecule has 0 fully saturated rings. The minimum absolute atomic E-state index is 0.476. The van der Waals surface area contributed by atoms with Crippen LogP contribution in [-0.4, -0.2) is 23.6 Å². The molecule has 1 aromatic heterocycles. The third-order valence-corrected chi connectivity index (χ3v) is 3.40. The maximum Gasteiger partial charge on any atom is 0.194 e. The van der Waals surface area contributed by atoms with Crippen LogP contribution in [-0.2, 0) is 0 Å². The van der Waals surface area contributed by atoms with Gasteiger partial charge in [-0.25, -0.2) is 18.7 Å². The summed E-state index contributed by atoms with van der Waals surface area (Å²) >= 11 is 1.18. The quantitative estimate of drug-likeness (QED) is 0.858. The number of rotatable bonds is 5. The number of benzene rings is 1. The third kappa shape index (κ3) is 3.16. The van der Waals surface area contributed by atoms with E-state index < -0.39 is 11.6 Å². The standard InChI is InChI=1S/C13H13F2N3OS/c1-3-16-12-11(19-2)13(18-7-17-12)20-8-4-5-9(14)10(15)6-8/h4-7H,3H2,1-2H3,(H,16,17,18). The molecule has 0 saturated carbocycles. The van der Waals surface area contributed by atoms with Gasteiger partial charge in [0, 0.05) is 11.4 Å². The summed E-state index contributed by atoms with van der Waals surface area (Å²) in [6, 6.07) is 3.68. The Bertz CT molecular complexity index is 610. The molecule has 0 aliphatic heterocycles. The second-order valence-electron chi connectivity index (χ2n) is 3.77. The summed E-state index contributed by atoms with van der Waals surface area (Å²) in [7, 11) is 1.51. The van der Waals surface area contributed by atoms with Crippen LogP contribution < -0.4 is 10.1 Å². The molecule has 4 nitrogen and oxygen atoms in total. The molecule has 0 spiro atoms.